The van der Waals surface area contributed by atoms with E-state index >= 15 is 0 Å². The van der Waals surface area contributed by atoms with Gasteiger partial charge in [-0.2, -0.15) is 0 Å². The van der Waals surface area contributed by atoms with Gasteiger partial charge < -0.3 is 11.1 Å². The average molecular weight is 216 g/mol. The second-order valence-corrected chi connectivity index (χ2v) is 4.83. The van der Waals surface area contributed by atoms with E-state index in [2.05, 4.69) is 17.4 Å². The van der Waals surface area contributed by atoms with Crippen LogP contribution in [0.15, 0.2) is 24.3 Å². The number of fused-ring (bicyclic) bond motifs is 1. The minimum Gasteiger partial charge on any atom is -0.347 e. The molecule has 2 aliphatic rings. The van der Waals surface area contributed by atoms with E-state index in [-0.39, 0.29) is 23.9 Å². The van der Waals surface area contributed by atoms with Gasteiger partial charge in [0.25, 0.3) is 0 Å². The third-order valence-electron chi connectivity index (χ3n) is 3.52. The Kier molecular flexibility index (Phi) is 2.21. The molecule has 1 saturated carbocycles. The number of amides is 1. The highest BCUT2D eigenvalue weighted by Crippen LogP contribution is 2.33. The zero-order valence-electron chi connectivity index (χ0n) is 9.15. The second-order valence-electron chi connectivity index (χ2n) is 4.83. The molecule has 2 atom stereocenters. The highest BCUT2D eigenvalue weighted by Gasteiger charge is 2.35. The maximum atomic E-state index is 11.7. The summed E-state index contributed by atoms with van der Waals surface area (Å²) in [5.74, 6) is 0.428. The van der Waals surface area contributed by atoms with E-state index in [1.165, 1.54) is 11.1 Å². The SMILES string of the molecule is NC1Cc2ccccc2C1NC(=O)C1CC1. The van der Waals surface area contributed by atoms with Gasteiger partial charge in [0, 0.05) is 12.0 Å². The van der Waals surface area contributed by atoms with Crippen molar-refractivity contribution in [2.24, 2.45) is 11.7 Å². The summed E-state index contributed by atoms with van der Waals surface area (Å²) in [5.41, 5.74) is 8.56. The number of carbonyl (C=O) groups excluding carboxylic acids is 1. The van der Waals surface area contributed by atoms with Gasteiger partial charge in [-0.05, 0) is 30.4 Å². The van der Waals surface area contributed by atoms with Crippen molar-refractivity contribution in [2.45, 2.75) is 31.3 Å². The van der Waals surface area contributed by atoms with E-state index < -0.39 is 0 Å². The normalized spacial score (nSPS) is 27.6. The van der Waals surface area contributed by atoms with Crippen molar-refractivity contribution in [3.63, 3.8) is 0 Å². The molecule has 3 N–H and O–H groups in total. The predicted octanol–water partition coefficient (Wildman–Crippen LogP) is 1.14. The van der Waals surface area contributed by atoms with Crippen LogP contribution in [0.5, 0.6) is 0 Å². The molecule has 0 radical (unpaired) electrons. The zero-order chi connectivity index (χ0) is 11.1. The Morgan fingerprint density at radius 1 is 1.31 bits per heavy atom. The number of hydrogen-bond acceptors (Lipinski definition) is 2. The molecule has 84 valence electrons. The van der Waals surface area contributed by atoms with Gasteiger partial charge in [0.05, 0.1) is 6.04 Å². The Hall–Kier alpha value is -1.35. The Morgan fingerprint density at radius 2 is 2.06 bits per heavy atom. The summed E-state index contributed by atoms with van der Waals surface area (Å²) < 4.78 is 0. The van der Waals surface area contributed by atoms with Crippen LogP contribution in [0.1, 0.15) is 30.0 Å². The lowest BCUT2D eigenvalue weighted by Gasteiger charge is -2.18. The highest BCUT2D eigenvalue weighted by atomic mass is 16.2. The van der Waals surface area contributed by atoms with Gasteiger partial charge in [0.2, 0.25) is 5.91 Å². The van der Waals surface area contributed by atoms with Crippen molar-refractivity contribution in [3.05, 3.63) is 35.4 Å². The fraction of sp³-hybridized carbons (Fsp3) is 0.462. The molecule has 2 aliphatic carbocycles. The number of nitrogens with one attached hydrogen (secondary N) is 1. The molecular weight excluding hydrogens is 200 g/mol. The molecule has 1 aromatic carbocycles. The summed E-state index contributed by atoms with van der Waals surface area (Å²) >= 11 is 0. The third kappa shape index (κ3) is 1.61. The Balaban J connectivity index is 1.81. The lowest BCUT2D eigenvalue weighted by Crippen LogP contribution is -2.39. The molecule has 0 aliphatic heterocycles. The van der Waals surface area contributed by atoms with Gasteiger partial charge >= 0.3 is 0 Å². The van der Waals surface area contributed by atoms with Crippen molar-refractivity contribution in [2.75, 3.05) is 0 Å². The van der Waals surface area contributed by atoms with Crippen LogP contribution in [0.3, 0.4) is 0 Å². The maximum Gasteiger partial charge on any atom is 0.223 e. The molecule has 16 heavy (non-hydrogen) atoms. The molecule has 3 nitrogen and oxygen atoms in total. The van der Waals surface area contributed by atoms with Crippen molar-refractivity contribution < 1.29 is 4.79 Å². The Bertz CT molecular complexity index is 426. The summed E-state index contributed by atoms with van der Waals surface area (Å²) in [6, 6.07) is 8.24. The van der Waals surface area contributed by atoms with E-state index in [1.807, 2.05) is 12.1 Å². The quantitative estimate of drug-likeness (QED) is 0.778. The summed E-state index contributed by atoms with van der Waals surface area (Å²) in [6.07, 6.45) is 2.94. The van der Waals surface area contributed by atoms with Crippen molar-refractivity contribution in [1.29, 1.82) is 0 Å². The summed E-state index contributed by atoms with van der Waals surface area (Å²) in [6.45, 7) is 0. The van der Waals surface area contributed by atoms with Crippen LogP contribution in [-0.4, -0.2) is 11.9 Å². The average Bonchev–Trinajstić information content (AvgIpc) is 3.06. The van der Waals surface area contributed by atoms with E-state index in [9.17, 15) is 4.79 Å². The number of carbonyl (C=O) groups is 1. The first-order chi connectivity index (χ1) is 7.75. The second kappa shape index (κ2) is 3.59. The molecule has 2 unspecified atom stereocenters. The number of benzene rings is 1. The fourth-order valence-corrected chi connectivity index (χ4v) is 2.43. The highest BCUT2D eigenvalue weighted by molar-refractivity contribution is 5.81. The maximum absolute atomic E-state index is 11.7. The van der Waals surface area contributed by atoms with Gasteiger partial charge in [-0.15, -0.1) is 0 Å². The van der Waals surface area contributed by atoms with Crippen LogP contribution in [0.4, 0.5) is 0 Å². The van der Waals surface area contributed by atoms with Crippen molar-refractivity contribution >= 4 is 5.91 Å². The van der Waals surface area contributed by atoms with Crippen LogP contribution in [0, 0.1) is 5.92 Å². The van der Waals surface area contributed by atoms with Gasteiger partial charge in [0.15, 0.2) is 0 Å². The first-order valence-corrected chi connectivity index (χ1v) is 5.89. The van der Waals surface area contributed by atoms with Crippen LogP contribution in [0.25, 0.3) is 0 Å². The Labute approximate surface area is 95.0 Å². The van der Waals surface area contributed by atoms with E-state index in [0.717, 1.165) is 19.3 Å². The standard InChI is InChI=1S/C13H16N2O/c14-11-7-9-3-1-2-4-10(9)12(11)15-13(16)8-5-6-8/h1-4,8,11-12H,5-7,14H2,(H,15,16). The predicted molar refractivity (Wildman–Crippen MR) is 61.7 cm³/mol. The topological polar surface area (TPSA) is 55.1 Å². The largest absolute Gasteiger partial charge is 0.347 e. The number of hydrogen-bond donors (Lipinski definition) is 2. The lowest BCUT2D eigenvalue weighted by atomic mass is 10.1. The van der Waals surface area contributed by atoms with Crippen LogP contribution in [0.2, 0.25) is 0 Å². The summed E-state index contributed by atoms with van der Waals surface area (Å²) in [4.78, 5) is 11.7. The monoisotopic (exact) mass is 216 g/mol. The van der Waals surface area contributed by atoms with E-state index in [0.29, 0.717) is 0 Å². The molecule has 1 fully saturated rings. The zero-order valence-corrected chi connectivity index (χ0v) is 9.15. The molecule has 0 spiro atoms. The van der Waals surface area contributed by atoms with Gasteiger partial charge in [0.1, 0.15) is 0 Å². The molecule has 3 heteroatoms. The lowest BCUT2D eigenvalue weighted by molar-refractivity contribution is -0.123. The molecular formula is C13H16N2O. The first-order valence-electron chi connectivity index (χ1n) is 5.89. The van der Waals surface area contributed by atoms with E-state index in [1.54, 1.807) is 0 Å². The number of nitrogens with two attached hydrogens (primary N) is 1. The minimum absolute atomic E-state index is 0.0179. The summed E-state index contributed by atoms with van der Waals surface area (Å²) in [5, 5.41) is 3.08. The molecule has 0 saturated heterocycles. The number of rotatable bonds is 2. The minimum atomic E-state index is 0.0179. The Morgan fingerprint density at radius 3 is 2.81 bits per heavy atom. The van der Waals surface area contributed by atoms with E-state index in [4.69, 9.17) is 5.73 Å². The molecule has 3 rings (SSSR count). The fourth-order valence-electron chi connectivity index (χ4n) is 2.43. The van der Waals surface area contributed by atoms with Gasteiger partial charge in [-0.3, -0.25) is 4.79 Å². The molecule has 0 bridgehead atoms. The van der Waals surface area contributed by atoms with Crippen molar-refractivity contribution in [1.82, 2.24) is 5.32 Å². The third-order valence-corrected chi connectivity index (χ3v) is 3.52. The molecule has 1 aromatic rings. The van der Waals surface area contributed by atoms with Crippen LogP contribution >= 0.6 is 0 Å². The van der Waals surface area contributed by atoms with Crippen LogP contribution in [-0.2, 0) is 11.2 Å². The smallest absolute Gasteiger partial charge is 0.223 e. The van der Waals surface area contributed by atoms with Gasteiger partial charge in [-0.1, -0.05) is 24.3 Å². The van der Waals surface area contributed by atoms with Crippen molar-refractivity contribution in [3.8, 4) is 0 Å². The van der Waals surface area contributed by atoms with Gasteiger partial charge in [-0.25, -0.2) is 0 Å². The van der Waals surface area contributed by atoms with Crippen LogP contribution < -0.4 is 11.1 Å². The molecule has 1 amide bonds. The molecule has 0 aromatic heterocycles. The summed E-state index contributed by atoms with van der Waals surface area (Å²) in [7, 11) is 0. The first kappa shape index (κ1) is 9.85. The molecule has 0 heterocycles.